The summed E-state index contributed by atoms with van der Waals surface area (Å²) in [6, 6.07) is 22.6. The molecule has 0 N–H and O–H groups in total. The topological polar surface area (TPSA) is 75.5 Å². The molecule has 0 radical (unpaired) electrons. The van der Waals surface area contributed by atoms with Crippen molar-refractivity contribution in [2.24, 2.45) is 11.8 Å². The molecule has 0 saturated carbocycles. The second-order valence-electron chi connectivity index (χ2n) is 10.6. The summed E-state index contributed by atoms with van der Waals surface area (Å²) in [7, 11) is 0. The van der Waals surface area contributed by atoms with Crippen molar-refractivity contribution in [1.29, 1.82) is 0 Å². The maximum atomic E-state index is 14.5. The predicted octanol–water partition coefficient (Wildman–Crippen LogP) is 3.53. The molecule has 4 aliphatic heterocycles. The van der Waals surface area contributed by atoms with Gasteiger partial charge in [0, 0.05) is 11.6 Å². The van der Waals surface area contributed by atoms with E-state index in [0.29, 0.717) is 22.4 Å². The predicted molar refractivity (Wildman–Crippen MR) is 138 cm³/mol. The highest BCUT2D eigenvalue weighted by molar-refractivity contribution is 6.23. The Morgan fingerprint density at radius 3 is 2.43 bits per heavy atom. The second-order valence-corrected chi connectivity index (χ2v) is 10.6. The van der Waals surface area contributed by atoms with Crippen molar-refractivity contribution in [3.8, 4) is 5.69 Å². The van der Waals surface area contributed by atoms with Gasteiger partial charge in [-0.2, -0.15) is 0 Å². The molecule has 4 aliphatic rings. The van der Waals surface area contributed by atoms with Gasteiger partial charge in [-0.15, -0.1) is 0 Å². The number of carbonyl (C=O) groups excluding carboxylic acids is 2. The Bertz CT molecular complexity index is 1740. The van der Waals surface area contributed by atoms with Crippen LogP contribution in [-0.2, 0) is 15.1 Å². The van der Waals surface area contributed by atoms with Gasteiger partial charge >= 0.3 is 0 Å². The van der Waals surface area contributed by atoms with Crippen LogP contribution in [0.3, 0.4) is 0 Å². The molecule has 1 aromatic heterocycles. The van der Waals surface area contributed by atoms with Crippen molar-refractivity contribution in [3.05, 3.63) is 100 Å². The van der Waals surface area contributed by atoms with Crippen molar-refractivity contribution < 1.29 is 9.59 Å². The molecule has 0 aliphatic carbocycles. The highest BCUT2D eigenvalue weighted by Gasteiger charge is 2.73. The van der Waals surface area contributed by atoms with Crippen LogP contribution in [0, 0.1) is 18.8 Å². The molecule has 7 heteroatoms. The van der Waals surface area contributed by atoms with Gasteiger partial charge < -0.3 is 0 Å². The number of rotatable bonds is 1. The highest BCUT2D eigenvalue weighted by atomic mass is 16.2. The summed E-state index contributed by atoms with van der Waals surface area (Å²) in [5.74, 6) is -0.934. The lowest BCUT2D eigenvalue weighted by Gasteiger charge is -2.38. The molecule has 0 unspecified atom stereocenters. The number of hydrogen-bond donors (Lipinski definition) is 0. The fourth-order valence-electron chi connectivity index (χ4n) is 7.67. The summed E-state index contributed by atoms with van der Waals surface area (Å²) >= 11 is 0. The van der Waals surface area contributed by atoms with Crippen LogP contribution in [0.4, 0.5) is 5.69 Å². The van der Waals surface area contributed by atoms with Gasteiger partial charge in [-0.3, -0.25) is 23.9 Å². The van der Waals surface area contributed by atoms with Gasteiger partial charge in [0.2, 0.25) is 11.8 Å². The minimum Gasteiger partial charge on any atom is -0.283 e. The number of aryl methyl sites for hydroxylation is 1. The number of amides is 2. The Labute approximate surface area is 213 Å². The number of para-hydroxylation sites is 3. The standard InChI is InChI=1S/C30H24N4O3/c1-17-9-2-6-13-21(17)33-27(36)24-23-15-8-16-32(23)30(25(24)28(33)37)19-11-4-7-14-22(19)34-26(35)18-10-3-5-12-20(18)31-29(30)34/h2-7,9-14,23-25H,8,15-16H2,1H3/t23-,24+,25-,30+/m1/s1. The van der Waals surface area contributed by atoms with Crippen molar-refractivity contribution in [3.63, 3.8) is 0 Å². The maximum absolute atomic E-state index is 14.5. The van der Waals surface area contributed by atoms with E-state index in [4.69, 9.17) is 4.98 Å². The summed E-state index contributed by atoms with van der Waals surface area (Å²) in [5, 5.41) is 0.543. The molecule has 8 rings (SSSR count). The number of nitrogens with zero attached hydrogens (tertiary/aromatic N) is 4. The van der Waals surface area contributed by atoms with Gasteiger partial charge in [0.05, 0.1) is 34.1 Å². The molecule has 5 heterocycles. The van der Waals surface area contributed by atoms with Gasteiger partial charge in [-0.25, -0.2) is 9.88 Å². The van der Waals surface area contributed by atoms with E-state index in [2.05, 4.69) is 4.90 Å². The number of fused-ring (bicyclic) bond motifs is 11. The van der Waals surface area contributed by atoms with Gasteiger partial charge in [0.15, 0.2) is 0 Å². The molecule has 37 heavy (non-hydrogen) atoms. The first-order valence-corrected chi connectivity index (χ1v) is 12.9. The molecule has 4 aromatic rings. The van der Waals surface area contributed by atoms with Crippen LogP contribution in [0.25, 0.3) is 16.6 Å². The third-order valence-corrected chi connectivity index (χ3v) is 9.00. The van der Waals surface area contributed by atoms with Crippen molar-refractivity contribution in [1.82, 2.24) is 14.5 Å². The molecule has 3 fully saturated rings. The number of imide groups is 1. The van der Waals surface area contributed by atoms with Crippen LogP contribution >= 0.6 is 0 Å². The third kappa shape index (κ3) is 2.32. The summed E-state index contributed by atoms with van der Waals surface area (Å²) in [6.07, 6.45) is 1.77. The monoisotopic (exact) mass is 488 g/mol. The average Bonchev–Trinajstić information content (AvgIpc) is 3.62. The summed E-state index contributed by atoms with van der Waals surface area (Å²) in [5.41, 5.74) is 2.66. The average molecular weight is 489 g/mol. The van der Waals surface area contributed by atoms with Crippen LogP contribution in [0.5, 0.6) is 0 Å². The fraction of sp³-hybridized carbons (Fsp3) is 0.267. The highest BCUT2D eigenvalue weighted by Crippen LogP contribution is 2.62. The number of anilines is 1. The smallest absolute Gasteiger partial charge is 0.266 e. The van der Waals surface area contributed by atoms with Crippen molar-refractivity contribution >= 4 is 28.4 Å². The Morgan fingerprint density at radius 2 is 1.59 bits per heavy atom. The zero-order chi connectivity index (χ0) is 25.1. The molecular formula is C30H24N4O3. The Morgan fingerprint density at radius 1 is 0.865 bits per heavy atom. The van der Waals surface area contributed by atoms with E-state index in [1.807, 2.05) is 73.7 Å². The normalized spacial score (nSPS) is 27.7. The molecular weight excluding hydrogens is 464 g/mol. The summed E-state index contributed by atoms with van der Waals surface area (Å²) in [4.78, 5) is 51.4. The Kier molecular flexibility index (Phi) is 3.99. The maximum Gasteiger partial charge on any atom is 0.266 e. The van der Waals surface area contributed by atoms with E-state index in [0.717, 1.165) is 36.2 Å². The lowest BCUT2D eigenvalue weighted by atomic mass is 9.75. The van der Waals surface area contributed by atoms with Crippen LogP contribution in [-0.4, -0.2) is 38.9 Å². The first kappa shape index (κ1) is 21.0. The van der Waals surface area contributed by atoms with E-state index in [9.17, 15) is 14.4 Å². The van der Waals surface area contributed by atoms with Crippen LogP contribution in [0.2, 0.25) is 0 Å². The Balaban J connectivity index is 1.46. The summed E-state index contributed by atoms with van der Waals surface area (Å²) < 4.78 is 1.70. The van der Waals surface area contributed by atoms with Crippen molar-refractivity contribution in [2.45, 2.75) is 31.3 Å². The zero-order valence-electron chi connectivity index (χ0n) is 20.3. The minimum atomic E-state index is -0.976. The van der Waals surface area contributed by atoms with E-state index in [1.54, 1.807) is 10.6 Å². The van der Waals surface area contributed by atoms with Crippen LogP contribution in [0.15, 0.2) is 77.6 Å². The van der Waals surface area contributed by atoms with Crippen LogP contribution in [0.1, 0.15) is 29.8 Å². The number of carbonyl (C=O) groups is 2. The number of benzene rings is 3. The first-order valence-electron chi connectivity index (χ1n) is 12.9. The van der Waals surface area contributed by atoms with E-state index in [-0.39, 0.29) is 23.4 Å². The number of aromatic nitrogens is 2. The summed E-state index contributed by atoms with van der Waals surface area (Å²) in [6.45, 7) is 2.68. The molecule has 3 saturated heterocycles. The van der Waals surface area contributed by atoms with Crippen molar-refractivity contribution in [2.75, 3.05) is 11.4 Å². The molecule has 7 nitrogen and oxygen atoms in total. The quantitative estimate of drug-likeness (QED) is 0.383. The molecule has 0 bridgehead atoms. The third-order valence-electron chi connectivity index (χ3n) is 9.00. The fourth-order valence-corrected chi connectivity index (χ4v) is 7.67. The van der Waals surface area contributed by atoms with Crippen LogP contribution < -0.4 is 10.5 Å². The molecule has 1 spiro atoms. The van der Waals surface area contributed by atoms with Gasteiger partial charge in [-0.05, 0) is 56.1 Å². The second kappa shape index (κ2) is 7.01. The first-order chi connectivity index (χ1) is 18.0. The Hall–Kier alpha value is -4.10. The zero-order valence-corrected chi connectivity index (χ0v) is 20.3. The molecule has 182 valence electrons. The number of hydrogen-bond acceptors (Lipinski definition) is 5. The SMILES string of the molecule is Cc1ccccc1N1C(=O)[C@H]2[C@H]3CCCN3[C@@]3(c4ccccc4-n4c3nc3ccccc3c4=O)[C@H]2C1=O. The van der Waals surface area contributed by atoms with E-state index < -0.39 is 17.4 Å². The lowest BCUT2D eigenvalue weighted by molar-refractivity contribution is -0.124. The van der Waals surface area contributed by atoms with E-state index >= 15 is 0 Å². The lowest BCUT2D eigenvalue weighted by Crippen LogP contribution is -2.51. The molecule has 2 amide bonds. The minimum absolute atomic E-state index is 0.0848. The largest absolute Gasteiger partial charge is 0.283 e. The van der Waals surface area contributed by atoms with Gasteiger partial charge in [0.25, 0.3) is 5.56 Å². The van der Waals surface area contributed by atoms with Gasteiger partial charge in [-0.1, -0.05) is 48.5 Å². The van der Waals surface area contributed by atoms with E-state index in [1.165, 1.54) is 4.90 Å². The molecule has 4 atom stereocenters. The van der Waals surface area contributed by atoms with Gasteiger partial charge in [0.1, 0.15) is 11.4 Å². The molecule has 3 aromatic carbocycles.